The average Bonchev–Trinajstić information content (AvgIpc) is 3.28. The summed E-state index contributed by atoms with van der Waals surface area (Å²) in [6.45, 7) is 5.80. The normalized spacial score (nSPS) is 14.2. The third-order valence-corrected chi connectivity index (χ3v) is 3.36. The summed E-state index contributed by atoms with van der Waals surface area (Å²) in [6.07, 6.45) is 5.20. The van der Waals surface area contributed by atoms with Crippen LogP contribution >= 0.6 is 0 Å². The Bertz CT molecular complexity index is 441. The predicted molar refractivity (Wildman–Crippen MR) is 82.1 cm³/mol. The molecule has 1 fully saturated rings. The molecule has 0 spiro atoms. The Hall–Kier alpha value is -1.62. The van der Waals surface area contributed by atoms with Crippen LogP contribution in [0, 0.1) is 5.92 Å². The molecule has 5 nitrogen and oxygen atoms in total. The van der Waals surface area contributed by atoms with Crippen molar-refractivity contribution >= 4 is 5.91 Å². The van der Waals surface area contributed by atoms with Gasteiger partial charge >= 0.3 is 0 Å². The van der Waals surface area contributed by atoms with Crippen LogP contribution in [-0.4, -0.2) is 30.1 Å². The van der Waals surface area contributed by atoms with Crippen molar-refractivity contribution in [1.82, 2.24) is 15.6 Å². The summed E-state index contributed by atoms with van der Waals surface area (Å²) in [5, 5.41) is 6.25. The maximum absolute atomic E-state index is 11.6. The van der Waals surface area contributed by atoms with E-state index >= 15 is 0 Å². The van der Waals surface area contributed by atoms with Crippen LogP contribution in [0.15, 0.2) is 18.3 Å². The summed E-state index contributed by atoms with van der Waals surface area (Å²) >= 11 is 0. The van der Waals surface area contributed by atoms with Crippen molar-refractivity contribution in [3.8, 4) is 5.75 Å². The summed E-state index contributed by atoms with van der Waals surface area (Å²) < 4.78 is 5.42. The molecule has 1 aromatic rings. The molecule has 0 saturated heterocycles. The predicted octanol–water partition coefficient (Wildman–Crippen LogP) is 1.87. The van der Waals surface area contributed by atoms with E-state index in [1.54, 1.807) is 6.20 Å². The highest BCUT2D eigenvalue weighted by molar-refractivity contribution is 5.77. The van der Waals surface area contributed by atoms with E-state index in [0.717, 1.165) is 18.7 Å². The standard InChI is InChI=1S/C16H25N3O2/c1-12(2)7-8-17-16(20)11-21-15-6-5-14(19-10-15)9-18-13-3-4-13/h5-6,10,12-13,18H,3-4,7-9,11H2,1-2H3,(H,17,20). The third kappa shape index (κ3) is 6.58. The number of hydrogen-bond acceptors (Lipinski definition) is 4. The molecule has 1 aliphatic carbocycles. The van der Waals surface area contributed by atoms with Crippen LogP contribution in [0.3, 0.4) is 0 Å². The van der Waals surface area contributed by atoms with E-state index in [1.165, 1.54) is 12.8 Å². The van der Waals surface area contributed by atoms with E-state index in [0.29, 0.717) is 24.3 Å². The first-order valence-electron chi connectivity index (χ1n) is 7.71. The molecule has 0 aromatic carbocycles. The Morgan fingerprint density at radius 3 is 2.86 bits per heavy atom. The summed E-state index contributed by atoms with van der Waals surface area (Å²) in [7, 11) is 0. The third-order valence-electron chi connectivity index (χ3n) is 3.36. The minimum atomic E-state index is -0.0878. The van der Waals surface area contributed by atoms with Gasteiger partial charge in [-0.3, -0.25) is 9.78 Å². The van der Waals surface area contributed by atoms with Gasteiger partial charge in [-0.05, 0) is 37.3 Å². The van der Waals surface area contributed by atoms with Gasteiger partial charge in [0.05, 0.1) is 11.9 Å². The largest absolute Gasteiger partial charge is 0.482 e. The van der Waals surface area contributed by atoms with Gasteiger partial charge in [-0.15, -0.1) is 0 Å². The van der Waals surface area contributed by atoms with Crippen LogP contribution in [0.5, 0.6) is 5.75 Å². The van der Waals surface area contributed by atoms with Gasteiger partial charge in [0.2, 0.25) is 0 Å². The molecule has 0 bridgehead atoms. The SMILES string of the molecule is CC(C)CCNC(=O)COc1ccc(CNC2CC2)nc1. The molecule has 0 atom stereocenters. The molecular weight excluding hydrogens is 266 g/mol. The van der Waals surface area contributed by atoms with Crippen molar-refractivity contribution in [2.24, 2.45) is 5.92 Å². The Kier molecular flexibility index (Phi) is 5.99. The van der Waals surface area contributed by atoms with Gasteiger partial charge in [0, 0.05) is 19.1 Å². The molecule has 0 radical (unpaired) electrons. The van der Waals surface area contributed by atoms with Gasteiger partial charge in [0.25, 0.3) is 5.91 Å². The van der Waals surface area contributed by atoms with Gasteiger partial charge < -0.3 is 15.4 Å². The second-order valence-corrected chi connectivity index (χ2v) is 5.96. The van der Waals surface area contributed by atoms with Crippen molar-refractivity contribution < 1.29 is 9.53 Å². The molecule has 21 heavy (non-hydrogen) atoms. The molecule has 2 rings (SSSR count). The number of amides is 1. The molecule has 1 saturated carbocycles. The first kappa shape index (κ1) is 15.8. The molecule has 116 valence electrons. The van der Waals surface area contributed by atoms with Gasteiger partial charge in [0.1, 0.15) is 5.75 Å². The maximum atomic E-state index is 11.6. The smallest absolute Gasteiger partial charge is 0.257 e. The first-order chi connectivity index (χ1) is 10.1. The monoisotopic (exact) mass is 291 g/mol. The van der Waals surface area contributed by atoms with Gasteiger partial charge in [-0.25, -0.2) is 0 Å². The van der Waals surface area contributed by atoms with Crippen molar-refractivity contribution in [3.05, 3.63) is 24.0 Å². The highest BCUT2D eigenvalue weighted by Gasteiger charge is 2.20. The van der Waals surface area contributed by atoms with E-state index in [-0.39, 0.29) is 12.5 Å². The van der Waals surface area contributed by atoms with Crippen molar-refractivity contribution in [2.75, 3.05) is 13.2 Å². The summed E-state index contributed by atoms with van der Waals surface area (Å²) in [6, 6.07) is 4.47. The van der Waals surface area contributed by atoms with Crippen LogP contribution < -0.4 is 15.4 Å². The van der Waals surface area contributed by atoms with Crippen LogP contribution in [-0.2, 0) is 11.3 Å². The molecular formula is C16H25N3O2. The number of hydrogen-bond donors (Lipinski definition) is 2. The Balaban J connectivity index is 1.64. The zero-order valence-electron chi connectivity index (χ0n) is 12.9. The van der Waals surface area contributed by atoms with E-state index in [1.807, 2.05) is 12.1 Å². The maximum Gasteiger partial charge on any atom is 0.257 e. The van der Waals surface area contributed by atoms with Gasteiger partial charge in [-0.1, -0.05) is 13.8 Å². The summed E-state index contributed by atoms with van der Waals surface area (Å²) in [4.78, 5) is 15.9. The number of carbonyl (C=O) groups is 1. The molecule has 1 aliphatic rings. The van der Waals surface area contributed by atoms with Gasteiger partial charge in [-0.2, -0.15) is 0 Å². The highest BCUT2D eigenvalue weighted by Crippen LogP contribution is 2.19. The zero-order chi connectivity index (χ0) is 15.1. The number of nitrogens with one attached hydrogen (secondary N) is 2. The molecule has 1 heterocycles. The minimum absolute atomic E-state index is 0.0411. The van der Waals surface area contributed by atoms with E-state index in [9.17, 15) is 4.79 Å². The summed E-state index contributed by atoms with van der Waals surface area (Å²) in [5.74, 6) is 1.13. The van der Waals surface area contributed by atoms with Crippen molar-refractivity contribution in [3.63, 3.8) is 0 Å². The van der Waals surface area contributed by atoms with Crippen LogP contribution in [0.2, 0.25) is 0 Å². The Morgan fingerprint density at radius 1 is 1.43 bits per heavy atom. The highest BCUT2D eigenvalue weighted by atomic mass is 16.5. The first-order valence-corrected chi connectivity index (χ1v) is 7.71. The second-order valence-electron chi connectivity index (χ2n) is 5.96. The lowest BCUT2D eigenvalue weighted by Crippen LogP contribution is -2.30. The lowest BCUT2D eigenvalue weighted by molar-refractivity contribution is -0.123. The van der Waals surface area contributed by atoms with E-state index < -0.39 is 0 Å². The molecule has 0 aliphatic heterocycles. The fourth-order valence-electron chi connectivity index (χ4n) is 1.84. The second kappa shape index (κ2) is 7.98. The number of rotatable bonds is 9. The van der Waals surface area contributed by atoms with Crippen LogP contribution in [0.1, 0.15) is 38.8 Å². The lowest BCUT2D eigenvalue weighted by Gasteiger charge is -2.09. The average molecular weight is 291 g/mol. The minimum Gasteiger partial charge on any atom is -0.482 e. The topological polar surface area (TPSA) is 63.2 Å². The zero-order valence-corrected chi connectivity index (χ0v) is 12.9. The summed E-state index contributed by atoms with van der Waals surface area (Å²) in [5.41, 5.74) is 0.996. The fourth-order valence-corrected chi connectivity index (χ4v) is 1.84. The molecule has 1 aromatic heterocycles. The van der Waals surface area contributed by atoms with Crippen molar-refractivity contribution in [2.45, 2.75) is 45.7 Å². The lowest BCUT2D eigenvalue weighted by atomic mass is 10.1. The number of nitrogens with zero attached hydrogens (tertiary/aromatic N) is 1. The van der Waals surface area contributed by atoms with Crippen molar-refractivity contribution in [1.29, 1.82) is 0 Å². The van der Waals surface area contributed by atoms with E-state index in [4.69, 9.17) is 4.74 Å². The quantitative estimate of drug-likeness (QED) is 0.729. The molecule has 2 N–H and O–H groups in total. The van der Waals surface area contributed by atoms with Crippen LogP contribution in [0.4, 0.5) is 0 Å². The molecule has 5 heteroatoms. The number of pyridine rings is 1. The van der Waals surface area contributed by atoms with Gasteiger partial charge in [0.15, 0.2) is 6.61 Å². The number of carbonyl (C=O) groups excluding carboxylic acids is 1. The number of ether oxygens (including phenoxy) is 1. The molecule has 0 unspecified atom stereocenters. The Morgan fingerprint density at radius 2 is 2.24 bits per heavy atom. The number of aromatic nitrogens is 1. The van der Waals surface area contributed by atoms with Crippen LogP contribution in [0.25, 0.3) is 0 Å². The van der Waals surface area contributed by atoms with E-state index in [2.05, 4.69) is 29.5 Å². The molecule has 1 amide bonds. The fraction of sp³-hybridized carbons (Fsp3) is 0.625. The Labute approximate surface area is 126 Å².